The van der Waals surface area contributed by atoms with Gasteiger partial charge in [0.05, 0.1) is 64.6 Å². The lowest BCUT2D eigenvalue weighted by atomic mass is 9.86. The average Bonchev–Trinajstić information content (AvgIpc) is 2.50. The number of ether oxygens (including phenoxy) is 8. The third kappa shape index (κ3) is 32.4. The third-order valence-electron chi connectivity index (χ3n) is 18.0. The van der Waals surface area contributed by atoms with Crippen molar-refractivity contribution in [3.8, 4) is 0 Å². The van der Waals surface area contributed by atoms with Gasteiger partial charge in [-0.3, -0.25) is 28.8 Å². The molecule has 0 aromatic carbocycles. The van der Waals surface area contributed by atoms with Crippen LogP contribution in [0, 0.1) is 23.2 Å². The summed E-state index contributed by atoms with van der Waals surface area (Å²) in [7, 11) is 0. The summed E-state index contributed by atoms with van der Waals surface area (Å²) in [6, 6.07) is -1.68. The molecule has 0 aromatic heterocycles. The number of aliphatic hydroxyl groups is 6. The van der Waals surface area contributed by atoms with E-state index >= 15 is 0 Å². The smallest absolute Gasteiger partial charge is 0.162 e. The second-order valence-corrected chi connectivity index (χ2v) is 26.0. The number of carbonyl (C=O) groups is 6. The molecule has 0 bridgehead atoms. The molecular weight excluding hydrogens is 1150 g/mol. The largest absolute Gasteiger partial charge is 0.394 e. The molecule has 23 heteroatoms. The van der Waals surface area contributed by atoms with Crippen molar-refractivity contribution >= 4 is 34.7 Å². The van der Waals surface area contributed by atoms with Gasteiger partial charge in [-0.1, -0.05) is 66.2 Å². The van der Waals surface area contributed by atoms with E-state index in [9.17, 15) is 59.4 Å². The van der Waals surface area contributed by atoms with Crippen molar-refractivity contribution in [2.24, 2.45) is 40.4 Å². The number of Topliss-reactive ketones (excluding diaryl/α,β-unsaturated/α-hetero) is 6. The third-order valence-corrected chi connectivity index (χ3v) is 18.0. The van der Waals surface area contributed by atoms with E-state index in [0.717, 1.165) is 64.2 Å². The Kier molecular flexibility index (Phi) is 42.0. The van der Waals surface area contributed by atoms with Crippen LogP contribution in [0.4, 0.5) is 0 Å². The summed E-state index contributed by atoms with van der Waals surface area (Å²) in [4.78, 5) is 76.2. The van der Waals surface area contributed by atoms with Crippen LogP contribution in [0.15, 0.2) is 0 Å². The molecule has 0 radical (unpaired) electrons. The predicted octanol–water partition coefficient (Wildman–Crippen LogP) is 5.32. The fraction of sp³-hybridized carbons (Fsp3) is 0.909. The maximum atomic E-state index is 12.9. The molecule has 518 valence electrons. The Bertz CT molecular complexity index is 1880. The van der Waals surface area contributed by atoms with Gasteiger partial charge in [-0.2, -0.15) is 0 Å². The Labute approximate surface area is 530 Å². The van der Waals surface area contributed by atoms with Gasteiger partial charge >= 0.3 is 0 Å². The molecule has 0 aliphatic carbocycles. The van der Waals surface area contributed by atoms with Gasteiger partial charge in [-0.05, 0) is 77.0 Å². The Balaban J connectivity index is 1.30. The van der Waals surface area contributed by atoms with Crippen molar-refractivity contribution in [1.29, 1.82) is 0 Å². The highest BCUT2D eigenvalue weighted by Crippen LogP contribution is 2.30. The van der Waals surface area contributed by atoms with Crippen LogP contribution in [0.3, 0.4) is 0 Å². The van der Waals surface area contributed by atoms with E-state index in [1.807, 2.05) is 27.7 Å². The normalized spacial score (nSPS) is 27.9. The van der Waals surface area contributed by atoms with Gasteiger partial charge in [0, 0.05) is 138 Å². The maximum absolute atomic E-state index is 12.9. The number of carbonyl (C=O) groups excluding carboxylic acids is 6. The minimum Gasteiger partial charge on any atom is -0.394 e. The van der Waals surface area contributed by atoms with Crippen LogP contribution in [-0.4, -0.2) is 205 Å². The van der Waals surface area contributed by atoms with Crippen LogP contribution in [0.25, 0.3) is 0 Å². The van der Waals surface area contributed by atoms with Crippen molar-refractivity contribution in [3.05, 3.63) is 0 Å². The van der Waals surface area contributed by atoms with Crippen LogP contribution in [0.2, 0.25) is 0 Å². The SMILES string of the molecule is CC1C(OCCCCCCC(=O)CCCC(=O)CCCCC(C)(COCCC(=O)CCCCCC(=O)CCCCOC2OC(CO)C(O)C(N)C2C)COCCC(=O)CCCC(=O)CCCCCCOC2OC(CO)C(O)C(N)C2C)OC(CO)C(O)C1N. The highest BCUT2D eigenvalue weighted by Gasteiger charge is 2.43. The Morgan fingerprint density at radius 3 is 0.921 bits per heavy atom. The molecule has 16 unspecified atom stereocenters. The molecule has 0 amide bonds. The topological polar surface area (TPSA) is 376 Å². The van der Waals surface area contributed by atoms with E-state index in [-0.39, 0.29) is 98.3 Å². The monoisotopic (exact) mass is 1270 g/mol. The zero-order valence-electron chi connectivity index (χ0n) is 54.6. The highest BCUT2D eigenvalue weighted by atomic mass is 16.7. The van der Waals surface area contributed by atoms with Gasteiger partial charge in [-0.15, -0.1) is 0 Å². The standard InChI is InChI=1S/C66H119N3O20/c1-45-57(67)60(79)54(40-70)87-63(45)84-35-17-7-5-10-22-49(74)28-20-29-51(76)26-14-16-34-66(4,43-82-38-32-52(77)25-13-9-12-24-48(73)27-15-19-37-86-65-47(3)59(69)62(81)56(42-72)89-65)44-83-39-33-53(78)31-21-30-50(75)23-11-6-8-18-36-85-64-46(2)58(68)61(80)55(41-71)88-64/h45-47,54-65,70-72,79-81H,5-44,67-69H2,1-4H3. The first-order valence-electron chi connectivity index (χ1n) is 33.9. The Morgan fingerprint density at radius 2 is 0.607 bits per heavy atom. The van der Waals surface area contributed by atoms with E-state index in [1.165, 1.54) is 0 Å². The summed E-state index contributed by atoms with van der Waals surface area (Å²) in [6.07, 6.45) is 10.5. The second kappa shape index (κ2) is 46.4. The second-order valence-electron chi connectivity index (χ2n) is 26.0. The van der Waals surface area contributed by atoms with Crippen LogP contribution >= 0.6 is 0 Å². The first-order valence-corrected chi connectivity index (χ1v) is 33.9. The molecular formula is C66H119N3O20. The highest BCUT2D eigenvalue weighted by molar-refractivity contribution is 5.82. The van der Waals surface area contributed by atoms with Gasteiger partial charge < -0.3 is 85.7 Å². The molecule has 3 rings (SSSR count). The number of aliphatic hydroxyl groups excluding tert-OH is 6. The molecule has 23 nitrogen and oxygen atoms in total. The van der Waals surface area contributed by atoms with E-state index in [2.05, 4.69) is 0 Å². The Morgan fingerprint density at radius 1 is 0.360 bits per heavy atom. The number of rotatable bonds is 54. The van der Waals surface area contributed by atoms with Gasteiger partial charge in [0.2, 0.25) is 0 Å². The fourth-order valence-corrected chi connectivity index (χ4v) is 11.6. The summed E-state index contributed by atoms with van der Waals surface area (Å²) in [6.45, 7) is 8.88. The van der Waals surface area contributed by atoms with Crippen molar-refractivity contribution in [2.75, 3.05) is 66.1 Å². The summed E-state index contributed by atoms with van der Waals surface area (Å²) >= 11 is 0. The number of hydrogen-bond donors (Lipinski definition) is 9. The summed E-state index contributed by atoms with van der Waals surface area (Å²) < 4.78 is 46.7. The number of nitrogens with two attached hydrogens (primary N) is 3. The molecule has 3 aliphatic rings. The van der Waals surface area contributed by atoms with Crippen molar-refractivity contribution in [1.82, 2.24) is 0 Å². The lowest BCUT2D eigenvalue weighted by molar-refractivity contribution is -0.257. The molecule has 3 saturated heterocycles. The molecule has 16 atom stereocenters. The van der Waals surface area contributed by atoms with Gasteiger partial charge in [-0.25, -0.2) is 0 Å². The summed E-state index contributed by atoms with van der Waals surface area (Å²) in [5.41, 5.74) is 17.8. The Hall–Kier alpha value is -2.66. The zero-order valence-corrected chi connectivity index (χ0v) is 54.6. The minimum absolute atomic E-state index is 0.0238. The lowest BCUT2D eigenvalue weighted by Crippen LogP contribution is -2.59. The predicted molar refractivity (Wildman–Crippen MR) is 333 cm³/mol. The van der Waals surface area contributed by atoms with Crippen LogP contribution in [0.5, 0.6) is 0 Å². The molecule has 3 heterocycles. The summed E-state index contributed by atoms with van der Waals surface area (Å²) in [5, 5.41) is 58.9. The van der Waals surface area contributed by atoms with E-state index in [0.29, 0.717) is 149 Å². The molecule has 89 heavy (non-hydrogen) atoms. The van der Waals surface area contributed by atoms with Crippen LogP contribution in [-0.2, 0) is 66.7 Å². The number of hydrogen-bond acceptors (Lipinski definition) is 23. The van der Waals surface area contributed by atoms with Crippen molar-refractivity contribution in [2.45, 2.75) is 294 Å². The number of ketones is 6. The van der Waals surface area contributed by atoms with Gasteiger partial charge in [0.25, 0.3) is 0 Å². The lowest BCUT2D eigenvalue weighted by Gasteiger charge is -2.41. The number of unbranched alkanes of at least 4 members (excludes halogenated alkanes) is 10. The fourth-order valence-electron chi connectivity index (χ4n) is 11.6. The summed E-state index contributed by atoms with van der Waals surface area (Å²) in [5.74, 6) is -0.0317. The molecule has 3 fully saturated rings. The van der Waals surface area contributed by atoms with Crippen LogP contribution in [0.1, 0.15) is 220 Å². The molecule has 12 N–H and O–H groups in total. The minimum atomic E-state index is -0.966. The van der Waals surface area contributed by atoms with Crippen molar-refractivity contribution < 1.29 is 97.3 Å². The molecule has 0 saturated carbocycles. The quantitative estimate of drug-likeness (QED) is 0.0348. The zero-order chi connectivity index (χ0) is 65.6. The van der Waals surface area contributed by atoms with Gasteiger partial charge in [0.1, 0.15) is 53.0 Å². The van der Waals surface area contributed by atoms with Gasteiger partial charge in [0.15, 0.2) is 18.9 Å². The maximum Gasteiger partial charge on any atom is 0.162 e. The van der Waals surface area contributed by atoms with E-state index < -0.39 is 79.0 Å². The van der Waals surface area contributed by atoms with Crippen LogP contribution < -0.4 is 17.2 Å². The first kappa shape index (κ1) is 80.6. The van der Waals surface area contributed by atoms with E-state index in [1.54, 1.807) is 0 Å². The molecule has 0 aromatic rings. The van der Waals surface area contributed by atoms with E-state index in [4.69, 9.17) is 55.1 Å². The van der Waals surface area contributed by atoms with Crippen molar-refractivity contribution in [3.63, 3.8) is 0 Å². The molecule has 0 spiro atoms. The average molecular weight is 1270 g/mol. The first-order chi connectivity index (χ1) is 42.6. The molecule has 3 aliphatic heterocycles.